The van der Waals surface area contributed by atoms with Crippen LogP contribution in [0.3, 0.4) is 0 Å². The van der Waals surface area contributed by atoms with Gasteiger partial charge in [0.05, 0.1) is 4.90 Å². The number of halogens is 2. The zero-order chi connectivity index (χ0) is 18.3. The highest BCUT2D eigenvalue weighted by Crippen LogP contribution is 2.32. The number of nitrogens with one attached hydrogen (secondary N) is 1. The van der Waals surface area contributed by atoms with Crippen LogP contribution in [0, 0.1) is 5.82 Å². The molecule has 0 spiro atoms. The summed E-state index contributed by atoms with van der Waals surface area (Å²) in [4.78, 5) is 3.32. The molecule has 0 saturated carbocycles. The average Bonchev–Trinajstić information content (AvgIpc) is 3.05. The van der Waals surface area contributed by atoms with Gasteiger partial charge in [-0.3, -0.25) is 0 Å². The van der Waals surface area contributed by atoms with Gasteiger partial charge in [-0.25, -0.2) is 12.8 Å². The van der Waals surface area contributed by atoms with Crippen molar-refractivity contribution in [2.45, 2.75) is 11.3 Å². The Balaban J connectivity index is 1.61. The second-order valence-corrected chi connectivity index (χ2v) is 8.56. The van der Waals surface area contributed by atoms with Crippen LogP contribution in [0.2, 0.25) is 5.02 Å². The minimum Gasteiger partial charge on any atom is -0.361 e. The van der Waals surface area contributed by atoms with E-state index in [0.717, 1.165) is 34.2 Å². The van der Waals surface area contributed by atoms with Gasteiger partial charge < -0.3 is 4.98 Å². The quantitative estimate of drug-likeness (QED) is 0.718. The molecule has 0 unspecified atom stereocenters. The molecule has 4 nitrogen and oxygen atoms in total. The lowest BCUT2D eigenvalue weighted by molar-refractivity contribution is 0.441. The van der Waals surface area contributed by atoms with E-state index >= 15 is 0 Å². The zero-order valence-corrected chi connectivity index (χ0v) is 15.3. The van der Waals surface area contributed by atoms with Crippen LogP contribution in [0.1, 0.15) is 12.0 Å². The molecule has 2 heterocycles. The van der Waals surface area contributed by atoms with Gasteiger partial charge in [0, 0.05) is 40.8 Å². The van der Waals surface area contributed by atoms with E-state index in [2.05, 4.69) is 4.98 Å². The Morgan fingerprint density at radius 2 is 1.88 bits per heavy atom. The number of aromatic nitrogens is 1. The maximum atomic E-state index is 13.1. The smallest absolute Gasteiger partial charge is 0.243 e. The Labute approximate surface area is 155 Å². The van der Waals surface area contributed by atoms with Gasteiger partial charge in [0.2, 0.25) is 10.0 Å². The monoisotopic (exact) mass is 390 g/mol. The van der Waals surface area contributed by atoms with Crippen molar-refractivity contribution >= 4 is 38.1 Å². The van der Waals surface area contributed by atoms with Gasteiger partial charge in [0.15, 0.2) is 0 Å². The van der Waals surface area contributed by atoms with Crippen molar-refractivity contribution in [3.05, 3.63) is 71.1 Å². The summed E-state index contributed by atoms with van der Waals surface area (Å²) in [5.74, 6) is -0.456. The lowest BCUT2D eigenvalue weighted by Crippen LogP contribution is -2.34. The van der Waals surface area contributed by atoms with Gasteiger partial charge in [0.1, 0.15) is 5.82 Å². The fourth-order valence-corrected chi connectivity index (χ4v) is 4.78. The average molecular weight is 391 g/mol. The number of hydrogen-bond donors (Lipinski definition) is 1. The van der Waals surface area contributed by atoms with E-state index in [1.807, 2.05) is 30.5 Å². The normalized spacial score (nSPS) is 16.0. The molecule has 0 fully saturated rings. The molecule has 3 aromatic rings. The van der Waals surface area contributed by atoms with E-state index in [0.29, 0.717) is 18.0 Å². The van der Waals surface area contributed by atoms with Crippen LogP contribution in [0.25, 0.3) is 16.5 Å². The summed E-state index contributed by atoms with van der Waals surface area (Å²) in [6, 6.07) is 10.6. The van der Waals surface area contributed by atoms with Gasteiger partial charge in [-0.1, -0.05) is 17.7 Å². The number of rotatable bonds is 3. The van der Waals surface area contributed by atoms with Gasteiger partial charge in [0.25, 0.3) is 0 Å². The first kappa shape index (κ1) is 17.3. The number of fused-ring (bicyclic) bond motifs is 1. The molecule has 1 aromatic heterocycles. The predicted molar refractivity (Wildman–Crippen MR) is 101 cm³/mol. The molecular formula is C19H16ClFN2O2S. The maximum Gasteiger partial charge on any atom is 0.243 e. The molecule has 1 aliphatic rings. The highest BCUT2D eigenvalue weighted by Gasteiger charge is 2.26. The SMILES string of the molecule is O=S(=O)(c1ccc(F)cc1)N1CC=C(c2c[nH]c3ccc(Cl)cc23)CC1. The number of nitrogens with zero attached hydrogens (tertiary/aromatic N) is 1. The Hall–Kier alpha value is -2.15. The Bertz CT molecular complexity index is 1100. The Morgan fingerprint density at radius 3 is 2.58 bits per heavy atom. The maximum absolute atomic E-state index is 13.1. The third-order valence-electron chi connectivity index (χ3n) is 4.61. The molecule has 134 valence electrons. The van der Waals surface area contributed by atoms with Crippen LogP contribution in [0.5, 0.6) is 0 Å². The first-order valence-corrected chi connectivity index (χ1v) is 9.99. The molecule has 26 heavy (non-hydrogen) atoms. The van der Waals surface area contributed by atoms with E-state index in [4.69, 9.17) is 11.6 Å². The van der Waals surface area contributed by atoms with E-state index in [-0.39, 0.29) is 11.4 Å². The molecule has 1 aliphatic heterocycles. The Kier molecular flexibility index (Phi) is 4.34. The molecule has 0 radical (unpaired) electrons. The number of hydrogen-bond acceptors (Lipinski definition) is 2. The first-order chi connectivity index (χ1) is 12.4. The second kappa shape index (κ2) is 6.54. The van der Waals surface area contributed by atoms with Crippen molar-refractivity contribution in [3.8, 4) is 0 Å². The van der Waals surface area contributed by atoms with Crippen LogP contribution in [-0.2, 0) is 10.0 Å². The third-order valence-corrected chi connectivity index (χ3v) is 6.73. The molecule has 1 N–H and O–H groups in total. The Morgan fingerprint density at radius 1 is 1.12 bits per heavy atom. The molecule has 2 aromatic carbocycles. The standard InChI is InChI=1S/C19H16ClFN2O2S/c20-14-1-6-19-17(11-14)18(12-22-19)13-7-9-23(10-8-13)26(24,25)16-4-2-15(21)3-5-16/h1-7,11-12,22H,8-10H2. The molecule has 0 aliphatic carbocycles. The fourth-order valence-electron chi connectivity index (χ4n) is 3.23. The van der Waals surface area contributed by atoms with Crippen molar-refractivity contribution < 1.29 is 12.8 Å². The third kappa shape index (κ3) is 3.05. The molecule has 7 heteroatoms. The van der Waals surface area contributed by atoms with Crippen LogP contribution in [0.4, 0.5) is 4.39 Å². The summed E-state index contributed by atoms with van der Waals surface area (Å²) in [7, 11) is -3.63. The van der Waals surface area contributed by atoms with Crippen molar-refractivity contribution in [2.75, 3.05) is 13.1 Å². The largest absolute Gasteiger partial charge is 0.361 e. The van der Waals surface area contributed by atoms with Crippen molar-refractivity contribution in [3.63, 3.8) is 0 Å². The topological polar surface area (TPSA) is 53.2 Å². The number of H-pyrrole nitrogens is 1. The lowest BCUT2D eigenvalue weighted by atomic mass is 10.00. The van der Waals surface area contributed by atoms with Gasteiger partial charge >= 0.3 is 0 Å². The van der Waals surface area contributed by atoms with Crippen LogP contribution in [0.15, 0.2) is 59.6 Å². The lowest BCUT2D eigenvalue weighted by Gasteiger charge is -2.25. The number of sulfonamides is 1. The van der Waals surface area contributed by atoms with Gasteiger partial charge in [-0.15, -0.1) is 0 Å². The molecule has 4 rings (SSSR count). The van der Waals surface area contributed by atoms with Crippen molar-refractivity contribution in [1.29, 1.82) is 0 Å². The number of aromatic amines is 1. The molecule has 0 bridgehead atoms. The van der Waals surface area contributed by atoms with Crippen LogP contribution >= 0.6 is 11.6 Å². The summed E-state index contributed by atoms with van der Waals surface area (Å²) < 4.78 is 39.9. The fraction of sp³-hybridized carbons (Fsp3) is 0.158. The molecule has 0 atom stereocenters. The summed E-state index contributed by atoms with van der Waals surface area (Å²) in [6.07, 6.45) is 4.45. The van der Waals surface area contributed by atoms with E-state index in [1.54, 1.807) is 0 Å². The van der Waals surface area contributed by atoms with E-state index in [1.165, 1.54) is 16.4 Å². The van der Waals surface area contributed by atoms with E-state index < -0.39 is 15.8 Å². The van der Waals surface area contributed by atoms with E-state index in [9.17, 15) is 12.8 Å². The zero-order valence-electron chi connectivity index (χ0n) is 13.7. The second-order valence-electron chi connectivity index (χ2n) is 6.19. The van der Waals surface area contributed by atoms with Crippen molar-refractivity contribution in [1.82, 2.24) is 9.29 Å². The highest BCUT2D eigenvalue weighted by molar-refractivity contribution is 7.89. The predicted octanol–water partition coefficient (Wildman–Crippen LogP) is 4.44. The van der Waals surface area contributed by atoms with Crippen LogP contribution in [-0.4, -0.2) is 30.8 Å². The van der Waals surface area contributed by atoms with Crippen LogP contribution < -0.4 is 0 Å². The summed E-state index contributed by atoms with van der Waals surface area (Å²) in [5.41, 5.74) is 3.12. The summed E-state index contributed by atoms with van der Waals surface area (Å²) >= 11 is 6.10. The van der Waals surface area contributed by atoms with Gasteiger partial charge in [-0.05, 0) is 54.5 Å². The summed E-state index contributed by atoms with van der Waals surface area (Å²) in [6.45, 7) is 0.654. The van der Waals surface area contributed by atoms with Crippen molar-refractivity contribution in [2.24, 2.45) is 0 Å². The molecular weight excluding hydrogens is 375 g/mol. The minimum atomic E-state index is -3.63. The minimum absolute atomic E-state index is 0.106. The number of benzene rings is 2. The van der Waals surface area contributed by atoms with Gasteiger partial charge in [-0.2, -0.15) is 4.31 Å². The molecule has 0 amide bonds. The highest BCUT2D eigenvalue weighted by atomic mass is 35.5. The first-order valence-electron chi connectivity index (χ1n) is 8.17. The molecule has 0 saturated heterocycles. The summed E-state index contributed by atoms with van der Waals surface area (Å²) in [5, 5.41) is 1.69.